The van der Waals surface area contributed by atoms with Crippen molar-refractivity contribution in [2.24, 2.45) is 5.73 Å². The zero-order chi connectivity index (χ0) is 21.5. The van der Waals surface area contributed by atoms with Crippen molar-refractivity contribution in [2.75, 3.05) is 5.32 Å². The zero-order valence-corrected chi connectivity index (χ0v) is 18.2. The van der Waals surface area contributed by atoms with Gasteiger partial charge in [-0.3, -0.25) is 9.59 Å². The second kappa shape index (κ2) is 7.94. The summed E-state index contributed by atoms with van der Waals surface area (Å²) in [6, 6.07) is 10.2. The molecule has 0 saturated carbocycles. The van der Waals surface area contributed by atoms with Gasteiger partial charge < -0.3 is 15.6 Å². The highest BCUT2D eigenvalue weighted by Crippen LogP contribution is 2.38. The van der Waals surface area contributed by atoms with Gasteiger partial charge in [-0.05, 0) is 66.5 Å². The summed E-state index contributed by atoms with van der Waals surface area (Å²) in [5.74, 6) is -1.13. The van der Waals surface area contributed by atoms with Crippen molar-refractivity contribution >= 4 is 49.7 Å². The maximum absolute atomic E-state index is 13.7. The van der Waals surface area contributed by atoms with Gasteiger partial charge in [0.2, 0.25) is 0 Å². The number of aromatic nitrogens is 1. The number of anilines is 1. The molecular formula is C23H20FN3O2S2. The van der Waals surface area contributed by atoms with Crippen LogP contribution in [0.15, 0.2) is 41.8 Å². The van der Waals surface area contributed by atoms with Crippen LogP contribution in [-0.4, -0.2) is 16.4 Å². The Bertz CT molecular complexity index is 1320. The number of aryl methyl sites for hydroxylation is 1. The average Bonchev–Trinajstić information content (AvgIpc) is 3.41. The molecule has 3 N–H and O–H groups in total. The van der Waals surface area contributed by atoms with Crippen molar-refractivity contribution in [3.63, 3.8) is 0 Å². The Morgan fingerprint density at radius 3 is 2.81 bits per heavy atom. The van der Waals surface area contributed by atoms with Gasteiger partial charge in [-0.1, -0.05) is 12.1 Å². The molecule has 0 radical (unpaired) electrons. The smallest absolute Gasteiger partial charge is 0.272 e. The predicted molar refractivity (Wildman–Crippen MR) is 123 cm³/mol. The number of halogens is 1. The van der Waals surface area contributed by atoms with Crippen LogP contribution in [0.1, 0.15) is 49.7 Å². The van der Waals surface area contributed by atoms with Gasteiger partial charge in [-0.25, -0.2) is 4.39 Å². The maximum Gasteiger partial charge on any atom is 0.272 e. The van der Waals surface area contributed by atoms with Crippen LogP contribution >= 0.6 is 22.7 Å². The van der Waals surface area contributed by atoms with E-state index < -0.39 is 5.91 Å². The van der Waals surface area contributed by atoms with Crippen LogP contribution in [-0.2, 0) is 19.4 Å². The number of primary amides is 1. The van der Waals surface area contributed by atoms with E-state index in [0.29, 0.717) is 22.8 Å². The number of carbonyl (C=O) groups is 2. The van der Waals surface area contributed by atoms with Crippen LogP contribution < -0.4 is 11.1 Å². The summed E-state index contributed by atoms with van der Waals surface area (Å²) in [7, 11) is 0. The third kappa shape index (κ3) is 3.66. The minimum atomic E-state index is -0.508. The molecule has 3 aromatic heterocycles. The Kier molecular flexibility index (Phi) is 5.11. The lowest BCUT2D eigenvalue weighted by molar-refractivity contribution is 0.100. The van der Waals surface area contributed by atoms with E-state index in [0.717, 1.165) is 51.9 Å². The fourth-order valence-corrected chi connectivity index (χ4v) is 6.35. The normalized spacial score (nSPS) is 13.3. The summed E-state index contributed by atoms with van der Waals surface area (Å²) in [6.07, 6.45) is 3.81. The maximum atomic E-state index is 13.7. The molecule has 1 aliphatic rings. The Balaban J connectivity index is 1.52. The van der Waals surface area contributed by atoms with E-state index in [9.17, 15) is 14.0 Å². The summed E-state index contributed by atoms with van der Waals surface area (Å²) in [5, 5.41) is 5.43. The number of rotatable bonds is 5. The van der Waals surface area contributed by atoms with Crippen LogP contribution in [0.25, 0.3) is 10.2 Å². The molecule has 0 aliphatic heterocycles. The largest absolute Gasteiger partial charge is 0.365 e. The molecule has 4 aromatic rings. The fraction of sp³-hybridized carbons (Fsp3) is 0.217. The molecule has 0 bridgehead atoms. The summed E-state index contributed by atoms with van der Waals surface area (Å²) >= 11 is 2.99. The van der Waals surface area contributed by atoms with E-state index in [-0.39, 0.29) is 11.7 Å². The molecule has 1 aliphatic carbocycles. The molecule has 2 amide bonds. The first kappa shape index (κ1) is 20.0. The van der Waals surface area contributed by atoms with Gasteiger partial charge in [0.25, 0.3) is 11.8 Å². The lowest BCUT2D eigenvalue weighted by Gasteiger charge is -2.12. The molecule has 8 heteroatoms. The summed E-state index contributed by atoms with van der Waals surface area (Å²) in [5.41, 5.74) is 9.24. The van der Waals surface area contributed by atoms with Crippen molar-refractivity contribution in [3.8, 4) is 0 Å². The molecule has 31 heavy (non-hydrogen) atoms. The van der Waals surface area contributed by atoms with E-state index in [1.54, 1.807) is 17.4 Å². The first-order chi connectivity index (χ1) is 15.0. The number of carbonyl (C=O) groups excluding carboxylic acids is 2. The molecule has 5 rings (SSSR count). The van der Waals surface area contributed by atoms with Crippen molar-refractivity contribution in [2.45, 2.75) is 32.2 Å². The Morgan fingerprint density at radius 2 is 2.00 bits per heavy atom. The van der Waals surface area contributed by atoms with Gasteiger partial charge in [0.1, 0.15) is 16.5 Å². The predicted octanol–water partition coefficient (Wildman–Crippen LogP) is 5.18. The van der Waals surface area contributed by atoms with Crippen molar-refractivity contribution in [3.05, 3.63) is 74.9 Å². The van der Waals surface area contributed by atoms with Crippen LogP contribution in [0.4, 0.5) is 9.39 Å². The Morgan fingerprint density at radius 1 is 1.16 bits per heavy atom. The first-order valence-electron chi connectivity index (χ1n) is 10.1. The number of hydrogen-bond donors (Lipinski definition) is 2. The highest BCUT2D eigenvalue weighted by atomic mass is 32.1. The molecule has 0 unspecified atom stereocenters. The van der Waals surface area contributed by atoms with Crippen molar-refractivity contribution < 1.29 is 14.0 Å². The molecule has 158 valence electrons. The lowest BCUT2D eigenvalue weighted by atomic mass is 9.95. The minimum absolute atomic E-state index is 0.305. The number of hydrogen-bond acceptors (Lipinski definition) is 4. The third-order valence-corrected chi connectivity index (χ3v) is 7.69. The molecule has 0 atom stereocenters. The van der Waals surface area contributed by atoms with Gasteiger partial charge in [0.15, 0.2) is 0 Å². The van der Waals surface area contributed by atoms with Gasteiger partial charge in [0.05, 0.1) is 15.8 Å². The average molecular weight is 454 g/mol. The molecule has 0 fully saturated rings. The number of fused-ring (bicyclic) bond motifs is 2. The molecule has 3 heterocycles. The third-order valence-electron chi connectivity index (χ3n) is 5.63. The van der Waals surface area contributed by atoms with Gasteiger partial charge in [-0.15, -0.1) is 22.7 Å². The van der Waals surface area contributed by atoms with Gasteiger partial charge in [0, 0.05) is 11.4 Å². The minimum Gasteiger partial charge on any atom is -0.365 e. The van der Waals surface area contributed by atoms with Crippen molar-refractivity contribution in [1.82, 2.24) is 4.57 Å². The zero-order valence-electron chi connectivity index (χ0n) is 16.6. The van der Waals surface area contributed by atoms with Gasteiger partial charge >= 0.3 is 0 Å². The van der Waals surface area contributed by atoms with Gasteiger partial charge in [-0.2, -0.15) is 0 Å². The number of nitrogens with zero attached hydrogens (tertiary/aromatic N) is 1. The fourth-order valence-electron chi connectivity index (χ4n) is 4.24. The molecule has 0 saturated heterocycles. The summed E-state index contributed by atoms with van der Waals surface area (Å²) < 4.78 is 16.6. The number of benzene rings is 1. The lowest BCUT2D eigenvalue weighted by Crippen LogP contribution is -2.20. The molecule has 0 spiro atoms. The molecule has 5 nitrogen and oxygen atoms in total. The summed E-state index contributed by atoms with van der Waals surface area (Å²) in [4.78, 5) is 26.6. The van der Waals surface area contributed by atoms with E-state index >= 15 is 0 Å². The summed E-state index contributed by atoms with van der Waals surface area (Å²) in [6.45, 7) is 0.365. The number of nitrogens with one attached hydrogen (secondary N) is 1. The SMILES string of the molecule is NC(=O)c1c(NC(=O)c2cc3sccc3n2Cc2cccc(F)c2)sc2c1CCCC2. The second-order valence-corrected chi connectivity index (χ2v) is 9.70. The van der Waals surface area contributed by atoms with E-state index in [2.05, 4.69) is 5.32 Å². The van der Waals surface area contributed by atoms with Crippen LogP contribution in [0.3, 0.4) is 0 Å². The van der Waals surface area contributed by atoms with Crippen LogP contribution in [0.5, 0.6) is 0 Å². The molecular weight excluding hydrogens is 433 g/mol. The highest BCUT2D eigenvalue weighted by molar-refractivity contribution is 7.17. The Hall–Kier alpha value is -2.97. The number of nitrogens with two attached hydrogens (primary N) is 1. The highest BCUT2D eigenvalue weighted by Gasteiger charge is 2.26. The Labute approximate surface area is 186 Å². The topological polar surface area (TPSA) is 77.1 Å². The van der Waals surface area contributed by atoms with E-state index in [1.165, 1.54) is 23.5 Å². The van der Waals surface area contributed by atoms with Crippen LogP contribution in [0.2, 0.25) is 0 Å². The number of amides is 2. The molecule has 1 aromatic carbocycles. The monoisotopic (exact) mass is 453 g/mol. The number of thiophene rings is 2. The standard InChI is InChI=1S/C23H20FN3O2S2/c24-14-5-3-4-13(10-14)12-27-16-8-9-30-19(16)11-17(27)22(29)26-23-20(21(25)28)15-6-1-2-7-18(15)31-23/h3-5,8-11H,1-2,6-7,12H2,(H2,25,28)(H,26,29). The van der Waals surface area contributed by atoms with E-state index in [1.807, 2.05) is 28.1 Å². The van der Waals surface area contributed by atoms with Crippen molar-refractivity contribution in [1.29, 1.82) is 0 Å². The van der Waals surface area contributed by atoms with E-state index in [4.69, 9.17) is 5.73 Å². The van der Waals surface area contributed by atoms with Crippen LogP contribution in [0, 0.1) is 5.82 Å². The second-order valence-electron chi connectivity index (χ2n) is 7.65. The first-order valence-corrected chi connectivity index (χ1v) is 11.8. The quantitative estimate of drug-likeness (QED) is 0.437.